The van der Waals surface area contributed by atoms with Crippen molar-refractivity contribution in [2.45, 2.75) is 50.5 Å². The fraction of sp³-hybridized carbons (Fsp3) is 0.385. The molecule has 6 nitrogen and oxygen atoms in total. The van der Waals surface area contributed by atoms with E-state index in [-0.39, 0.29) is 23.9 Å². The van der Waals surface area contributed by atoms with Crippen molar-refractivity contribution in [3.05, 3.63) is 59.8 Å². The van der Waals surface area contributed by atoms with Gasteiger partial charge in [-0.25, -0.2) is 0 Å². The van der Waals surface area contributed by atoms with Crippen molar-refractivity contribution in [2.75, 3.05) is 13.2 Å². The molecule has 1 amide bonds. The quantitative estimate of drug-likeness (QED) is 0.598. The molecule has 3 aromatic rings. The predicted molar refractivity (Wildman–Crippen MR) is 122 cm³/mol. The third-order valence-corrected chi connectivity index (χ3v) is 6.59. The van der Waals surface area contributed by atoms with Gasteiger partial charge in [-0.3, -0.25) is 9.59 Å². The van der Waals surface area contributed by atoms with Gasteiger partial charge in [-0.2, -0.15) is 0 Å². The van der Waals surface area contributed by atoms with Crippen LogP contribution in [0.3, 0.4) is 0 Å². The smallest absolute Gasteiger partial charge is 0.257 e. The van der Waals surface area contributed by atoms with Gasteiger partial charge in [-0.15, -0.1) is 0 Å². The van der Waals surface area contributed by atoms with E-state index in [0.717, 1.165) is 37.6 Å². The van der Waals surface area contributed by atoms with Crippen LogP contribution in [0.15, 0.2) is 48.7 Å². The second-order valence-electron chi connectivity index (χ2n) is 8.85. The number of carbonyl (C=O) groups is 2. The van der Waals surface area contributed by atoms with Crippen LogP contribution < -0.4 is 14.8 Å². The van der Waals surface area contributed by atoms with Crippen LogP contribution in [-0.2, 0) is 11.2 Å². The highest BCUT2D eigenvalue weighted by Crippen LogP contribution is 2.42. The minimum Gasteiger partial charge on any atom is -0.486 e. The Morgan fingerprint density at radius 1 is 1.12 bits per heavy atom. The molecule has 2 heterocycles. The van der Waals surface area contributed by atoms with E-state index in [4.69, 9.17) is 9.47 Å². The van der Waals surface area contributed by atoms with E-state index in [1.165, 1.54) is 17.4 Å². The summed E-state index contributed by atoms with van der Waals surface area (Å²) in [5.41, 5.74) is 2.52. The summed E-state index contributed by atoms with van der Waals surface area (Å²) in [5, 5.41) is 4.09. The number of hydrogen-bond donors (Lipinski definition) is 2. The van der Waals surface area contributed by atoms with Crippen LogP contribution in [0.5, 0.6) is 11.5 Å². The summed E-state index contributed by atoms with van der Waals surface area (Å²) in [5.74, 6) is 1.08. The standard InChI is InChI=1S/C26H28N2O4/c29-23-15-26(11-4-1-5-12-26)32-24-14-19(8-9-21(23)24)31-17-25(30)27-13-10-18-16-28-22-7-3-2-6-20(18)22/h2-3,6-9,14,16,28H,1,4-5,10-13,15,17H2,(H,27,30). The third kappa shape index (κ3) is 4.22. The third-order valence-electron chi connectivity index (χ3n) is 6.59. The number of rotatable bonds is 6. The van der Waals surface area contributed by atoms with Crippen LogP contribution in [0.4, 0.5) is 0 Å². The Bertz CT molecular complexity index is 1140. The molecule has 166 valence electrons. The van der Waals surface area contributed by atoms with Crippen molar-refractivity contribution in [3.63, 3.8) is 0 Å². The number of aromatic amines is 1. The second kappa shape index (κ2) is 8.69. The van der Waals surface area contributed by atoms with E-state index >= 15 is 0 Å². The van der Waals surface area contributed by atoms with Gasteiger partial charge in [0.15, 0.2) is 12.4 Å². The largest absolute Gasteiger partial charge is 0.486 e. The maximum Gasteiger partial charge on any atom is 0.257 e. The van der Waals surface area contributed by atoms with Gasteiger partial charge in [0.1, 0.15) is 17.1 Å². The SMILES string of the molecule is O=C(COc1ccc2c(c1)OC1(CCCCC1)CC2=O)NCCc1c[nH]c2ccccc12. The first-order valence-electron chi connectivity index (χ1n) is 11.4. The van der Waals surface area contributed by atoms with E-state index in [1.54, 1.807) is 18.2 Å². The Hall–Kier alpha value is -3.28. The molecule has 0 saturated heterocycles. The lowest BCUT2D eigenvalue weighted by Crippen LogP contribution is -2.43. The summed E-state index contributed by atoms with van der Waals surface area (Å²) in [6.45, 7) is 0.458. The molecule has 6 heteroatoms. The zero-order chi connectivity index (χ0) is 22.0. The maximum absolute atomic E-state index is 12.6. The Balaban J connectivity index is 1.15. The Kier molecular flexibility index (Phi) is 5.60. The maximum atomic E-state index is 12.6. The number of hydrogen-bond acceptors (Lipinski definition) is 4. The van der Waals surface area contributed by atoms with Crippen LogP contribution in [-0.4, -0.2) is 35.4 Å². The number of Topliss-reactive ketones (excluding diaryl/α,β-unsaturated/α-hetero) is 1. The van der Waals surface area contributed by atoms with E-state index in [1.807, 2.05) is 24.4 Å². The van der Waals surface area contributed by atoms with Gasteiger partial charge < -0.3 is 19.8 Å². The van der Waals surface area contributed by atoms with E-state index in [0.29, 0.717) is 30.0 Å². The molecule has 5 rings (SSSR count). The summed E-state index contributed by atoms with van der Waals surface area (Å²) in [4.78, 5) is 28.2. The van der Waals surface area contributed by atoms with Gasteiger partial charge in [0.05, 0.1) is 12.0 Å². The summed E-state index contributed by atoms with van der Waals surface area (Å²) < 4.78 is 12.0. The molecule has 0 radical (unpaired) electrons. The number of carbonyl (C=O) groups excluding carboxylic acids is 2. The minimum atomic E-state index is -0.360. The monoisotopic (exact) mass is 432 g/mol. The van der Waals surface area contributed by atoms with Gasteiger partial charge in [0.2, 0.25) is 0 Å². The molecule has 2 N–H and O–H groups in total. The van der Waals surface area contributed by atoms with Gasteiger partial charge in [0, 0.05) is 29.7 Å². The first-order valence-corrected chi connectivity index (χ1v) is 11.4. The van der Waals surface area contributed by atoms with Gasteiger partial charge in [-0.05, 0) is 55.9 Å². The van der Waals surface area contributed by atoms with Gasteiger partial charge in [0.25, 0.3) is 5.91 Å². The summed E-state index contributed by atoms with van der Waals surface area (Å²) in [6.07, 6.45) is 8.41. The van der Waals surface area contributed by atoms with E-state index in [2.05, 4.69) is 16.4 Å². The van der Waals surface area contributed by atoms with Crippen LogP contribution in [0.25, 0.3) is 10.9 Å². The molecule has 2 aliphatic rings. The van der Waals surface area contributed by atoms with E-state index in [9.17, 15) is 9.59 Å². The molecule has 2 aromatic carbocycles. The lowest BCUT2D eigenvalue weighted by atomic mass is 9.78. The van der Waals surface area contributed by atoms with Crippen LogP contribution in [0.2, 0.25) is 0 Å². The Morgan fingerprint density at radius 3 is 2.84 bits per heavy atom. The second-order valence-corrected chi connectivity index (χ2v) is 8.85. The molecule has 0 unspecified atom stereocenters. The average Bonchev–Trinajstić information content (AvgIpc) is 3.21. The lowest BCUT2D eigenvalue weighted by Gasteiger charge is -2.40. The first kappa shape index (κ1) is 20.6. The number of aromatic nitrogens is 1. The zero-order valence-corrected chi connectivity index (χ0v) is 18.1. The van der Waals surface area contributed by atoms with Crippen molar-refractivity contribution >= 4 is 22.6 Å². The highest BCUT2D eigenvalue weighted by atomic mass is 16.5. The summed E-state index contributed by atoms with van der Waals surface area (Å²) >= 11 is 0. The minimum absolute atomic E-state index is 0.0776. The van der Waals surface area contributed by atoms with E-state index < -0.39 is 0 Å². The van der Waals surface area contributed by atoms with Gasteiger partial charge >= 0.3 is 0 Å². The van der Waals surface area contributed by atoms with Crippen molar-refractivity contribution in [1.29, 1.82) is 0 Å². The number of benzene rings is 2. The average molecular weight is 433 g/mol. The Labute approximate surface area is 187 Å². The molecule has 0 bridgehead atoms. The highest BCUT2D eigenvalue weighted by molar-refractivity contribution is 6.00. The van der Waals surface area contributed by atoms with Gasteiger partial charge in [-0.1, -0.05) is 24.6 Å². The van der Waals surface area contributed by atoms with Crippen LogP contribution >= 0.6 is 0 Å². The van der Waals surface area contributed by atoms with Crippen LogP contribution in [0.1, 0.15) is 54.4 Å². The topological polar surface area (TPSA) is 80.4 Å². The van der Waals surface area contributed by atoms with Crippen molar-refractivity contribution in [2.24, 2.45) is 0 Å². The molecule has 1 aliphatic heterocycles. The van der Waals surface area contributed by atoms with Crippen molar-refractivity contribution < 1.29 is 19.1 Å². The predicted octanol–water partition coefficient (Wildman–Crippen LogP) is 4.57. The fourth-order valence-electron chi connectivity index (χ4n) is 4.91. The lowest BCUT2D eigenvalue weighted by molar-refractivity contribution is -0.123. The number of ketones is 1. The zero-order valence-electron chi connectivity index (χ0n) is 18.1. The Morgan fingerprint density at radius 2 is 1.97 bits per heavy atom. The number of fused-ring (bicyclic) bond motifs is 2. The highest BCUT2D eigenvalue weighted by Gasteiger charge is 2.41. The summed E-state index contributed by atoms with van der Waals surface area (Å²) in [6, 6.07) is 13.4. The molecule has 0 atom stereocenters. The molecule has 32 heavy (non-hydrogen) atoms. The van der Waals surface area contributed by atoms with Crippen molar-refractivity contribution in [3.8, 4) is 11.5 Å². The number of H-pyrrole nitrogens is 1. The first-order chi connectivity index (χ1) is 15.6. The molecule has 1 fully saturated rings. The number of para-hydroxylation sites is 1. The number of ether oxygens (including phenoxy) is 2. The molecular weight excluding hydrogens is 404 g/mol. The van der Waals surface area contributed by atoms with Crippen LogP contribution in [0, 0.1) is 0 Å². The molecule has 1 aromatic heterocycles. The number of amides is 1. The molecular formula is C26H28N2O4. The molecule has 1 spiro atoms. The summed E-state index contributed by atoms with van der Waals surface area (Å²) in [7, 11) is 0. The molecule has 1 aliphatic carbocycles. The number of nitrogens with one attached hydrogen (secondary N) is 2. The van der Waals surface area contributed by atoms with Crippen molar-refractivity contribution in [1.82, 2.24) is 10.3 Å². The molecule has 1 saturated carbocycles. The fourth-order valence-corrected chi connectivity index (χ4v) is 4.91. The normalized spacial score (nSPS) is 17.1.